The van der Waals surface area contributed by atoms with Gasteiger partial charge >= 0.3 is 6.03 Å². The number of halogens is 1. The van der Waals surface area contributed by atoms with Crippen molar-refractivity contribution in [3.05, 3.63) is 46.1 Å². The van der Waals surface area contributed by atoms with Crippen molar-refractivity contribution in [2.45, 2.75) is 44.8 Å². The van der Waals surface area contributed by atoms with Gasteiger partial charge in [0.05, 0.1) is 23.9 Å². The molecule has 0 radical (unpaired) electrons. The highest BCUT2D eigenvalue weighted by Gasteiger charge is 2.46. The molecule has 2 aliphatic heterocycles. The number of likely N-dealkylation sites (N-methyl/N-ethyl adjacent to an activating group) is 1. The van der Waals surface area contributed by atoms with E-state index in [4.69, 9.17) is 11.6 Å². The van der Waals surface area contributed by atoms with Crippen LogP contribution >= 0.6 is 11.6 Å². The zero-order valence-electron chi connectivity index (χ0n) is 15.9. The van der Waals surface area contributed by atoms with Crippen molar-refractivity contribution >= 4 is 29.4 Å². The minimum absolute atomic E-state index is 0.152. The molecule has 0 bridgehead atoms. The van der Waals surface area contributed by atoms with Crippen LogP contribution in [0.1, 0.15) is 38.3 Å². The van der Waals surface area contributed by atoms with E-state index in [1.165, 1.54) is 0 Å². The van der Waals surface area contributed by atoms with Gasteiger partial charge in [0.2, 0.25) is 5.91 Å². The van der Waals surface area contributed by atoms with Crippen molar-refractivity contribution in [3.8, 4) is 0 Å². The predicted molar refractivity (Wildman–Crippen MR) is 104 cm³/mol. The van der Waals surface area contributed by atoms with E-state index < -0.39 is 12.1 Å². The van der Waals surface area contributed by atoms with Gasteiger partial charge in [-0.15, -0.1) is 0 Å². The average molecular weight is 403 g/mol. The summed E-state index contributed by atoms with van der Waals surface area (Å²) in [6.45, 7) is 4.29. The number of nitrogens with zero attached hydrogens (tertiary/aromatic N) is 2. The summed E-state index contributed by atoms with van der Waals surface area (Å²) in [4.78, 5) is 41.6. The topological polar surface area (TPSA) is 81.8 Å². The van der Waals surface area contributed by atoms with E-state index in [0.29, 0.717) is 22.8 Å². The highest BCUT2D eigenvalue weighted by Crippen LogP contribution is 2.37. The number of benzene rings is 1. The first-order valence-electron chi connectivity index (χ1n) is 9.58. The molecular weight excluding hydrogens is 380 g/mol. The van der Waals surface area contributed by atoms with E-state index >= 15 is 0 Å². The molecule has 0 spiro atoms. The smallest absolute Gasteiger partial charge is 0.322 e. The van der Waals surface area contributed by atoms with E-state index in [0.717, 1.165) is 18.4 Å². The Morgan fingerprint density at radius 3 is 2.57 bits per heavy atom. The Bertz CT molecular complexity index is 863. The van der Waals surface area contributed by atoms with E-state index in [9.17, 15) is 14.4 Å². The summed E-state index contributed by atoms with van der Waals surface area (Å²) in [5.74, 6) is -0.368. The number of hydrogen-bond donors (Lipinski definition) is 2. The van der Waals surface area contributed by atoms with Crippen LogP contribution in [-0.4, -0.2) is 52.8 Å². The van der Waals surface area contributed by atoms with E-state index in [2.05, 4.69) is 10.6 Å². The van der Waals surface area contributed by atoms with Crippen molar-refractivity contribution in [2.24, 2.45) is 0 Å². The quantitative estimate of drug-likeness (QED) is 0.792. The van der Waals surface area contributed by atoms with Crippen molar-refractivity contribution < 1.29 is 14.4 Å². The second-order valence-electron chi connectivity index (χ2n) is 7.43. The zero-order valence-corrected chi connectivity index (χ0v) is 16.6. The average Bonchev–Trinajstić information content (AvgIpc) is 3.42. The van der Waals surface area contributed by atoms with Crippen LogP contribution in [-0.2, 0) is 9.59 Å². The molecule has 2 heterocycles. The number of nitrogens with one attached hydrogen (secondary N) is 2. The van der Waals surface area contributed by atoms with E-state index in [1.54, 1.807) is 41.0 Å². The Morgan fingerprint density at radius 1 is 1.29 bits per heavy atom. The minimum Gasteiger partial charge on any atom is -0.352 e. The lowest BCUT2D eigenvalue weighted by molar-refractivity contribution is -0.135. The SMILES string of the molecule is CCN1C(=O)NC(c2ccc(Cl)cc2)C2=C1CN(C(C)C(=O)NC1CC1)C2=O. The first-order chi connectivity index (χ1) is 13.4. The number of amides is 4. The Kier molecular flexibility index (Phi) is 4.79. The largest absolute Gasteiger partial charge is 0.352 e. The van der Waals surface area contributed by atoms with Gasteiger partial charge in [-0.3, -0.25) is 14.5 Å². The molecule has 2 atom stereocenters. The molecule has 28 heavy (non-hydrogen) atoms. The maximum atomic E-state index is 13.3. The molecule has 2 unspecified atom stereocenters. The maximum Gasteiger partial charge on any atom is 0.322 e. The molecular formula is C20H23ClN4O3. The molecule has 1 aromatic carbocycles. The third-order valence-electron chi connectivity index (χ3n) is 5.54. The Balaban J connectivity index is 1.65. The summed E-state index contributed by atoms with van der Waals surface area (Å²) in [6.07, 6.45) is 1.98. The summed E-state index contributed by atoms with van der Waals surface area (Å²) in [7, 11) is 0. The molecule has 8 heteroatoms. The maximum absolute atomic E-state index is 13.3. The molecule has 2 N–H and O–H groups in total. The third kappa shape index (κ3) is 3.24. The first-order valence-corrected chi connectivity index (χ1v) is 9.96. The molecule has 1 saturated carbocycles. The van der Waals surface area contributed by atoms with Gasteiger partial charge in [0.15, 0.2) is 0 Å². The molecule has 0 saturated heterocycles. The molecule has 148 valence electrons. The van der Waals surface area contributed by atoms with Gasteiger partial charge in [-0.05, 0) is 44.4 Å². The zero-order chi connectivity index (χ0) is 20.0. The van der Waals surface area contributed by atoms with Crippen LogP contribution in [0.5, 0.6) is 0 Å². The van der Waals surface area contributed by atoms with E-state index in [-0.39, 0.29) is 30.4 Å². The van der Waals surface area contributed by atoms with Crippen LogP contribution in [0.2, 0.25) is 5.02 Å². The van der Waals surface area contributed by atoms with Crippen LogP contribution in [0.3, 0.4) is 0 Å². The third-order valence-corrected chi connectivity index (χ3v) is 5.79. The number of carbonyl (C=O) groups excluding carboxylic acids is 3. The molecule has 3 aliphatic rings. The number of carbonyl (C=O) groups is 3. The standard InChI is InChI=1S/C20H23ClN4O3/c1-3-24-15-10-25(11(2)18(26)22-14-8-9-14)19(27)16(15)17(23-20(24)28)12-4-6-13(21)7-5-12/h4-7,11,14,17H,3,8-10H2,1-2H3,(H,22,26)(H,23,28). The van der Waals surface area contributed by atoms with Gasteiger partial charge in [-0.25, -0.2) is 4.79 Å². The van der Waals surface area contributed by atoms with Crippen LogP contribution in [0.4, 0.5) is 4.79 Å². The lowest BCUT2D eigenvalue weighted by Gasteiger charge is -2.32. The summed E-state index contributed by atoms with van der Waals surface area (Å²) >= 11 is 5.98. The van der Waals surface area contributed by atoms with Gasteiger partial charge < -0.3 is 15.5 Å². The van der Waals surface area contributed by atoms with Gasteiger partial charge in [0, 0.05) is 17.6 Å². The summed E-state index contributed by atoms with van der Waals surface area (Å²) < 4.78 is 0. The van der Waals surface area contributed by atoms with Crippen LogP contribution in [0.25, 0.3) is 0 Å². The first kappa shape index (κ1) is 18.8. The van der Waals surface area contributed by atoms with Crippen LogP contribution in [0.15, 0.2) is 35.5 Å². The fourth-order valence-corrected chi connectivity index (χ4v) is 3.88. The Morgan fingerprint density at radius 2 is 1.96 bits per heavy atom. The second kappa shape index (κ2) is 7.13. The van der Waals surface area contributed by atoms with Gasteiger partial charge in [-0.1, -0.05) is 23.7 Å². The normalized spacial score (nSPS) is 22.9. The van der Waals surface area contributed by atoms with Crippen molar-refractivity contribution in [1.82, 2.24) is 20.4 Å². The second-order valence-corrected chi connectivity index (χ2v) is 7.87. The van der Waals surface area contributed by atoms with Gasteiger partial charge in [0.1, 0.15) is 6.04 Å². The lowest BCUT2D eigenvalue weighted by atomic mass is 9.95. The summed E-state index contributed by atoms with van der Waals surface area (Å²) in [5, 5.41) is 6.46. The monoisotopic (exact) mass is 402 g/mol. The van der Waals surface area contributed by atoms with Crippen molar-refractivity contribution in [1.29, 1.82) is 0 Å². The number of rotatable bonds is 5. The van der Waals surface area contributed by atoms with Crippen molar-refractivity contribution in [2.75, 3.05) is 13.1 Å². The number of urea groups is 1. The molecule has 1 aromatic rings. The van der Waals surface area contributed by atoms with Crippen molar-refractivity contribution in [3.63, 3.8) is 0 Å². The molecule has 1 fully saturated rings. The summed E-state index contributed by atoms with van der Waals surface area (Å²) in [5.41, 5.74) is 1.98. The molecule has 0 aromatic heterocycles. The minimum atomic E-state index is -0.599. The lowest BCUT2D eigenvalue weighted by Crippen LogP contribution is -2.47. The fraction of sp³-hybridized carbons (Fsp3) is 0.450. The van der Waals surface area contributed by atoms with Crippen LogP contribution < -0.4 is 10.6 Å². The Hall–Kier alpha value is -2.54. The Labute approximate surface area is 168 Å². The predicted octanol–water partition coefficient (Wildman–Crippen LogP) is 2.19. The van der Waals surface area contributed by atoms with Crippen LogP contribution in [0, 0.1) is 0 Å². The molecule has 7 nitrogen and oxygen atoms in total. The molecule has 1 aliphatic carbocycles. The molecule has 4 rings (SSSR count). The van der Waals surface area contributed by atoms with Gasteiger partial charge in [0.25, 0.3) is 5.91 Å². The van der Waals surface area contributed by atoms with Gasteiger partial charge in [-0.2, -0.15) is 0 Å². The highest BCUT2D eigenvalue weighted by atomic mass is 35.5. The van der Waals surface area contributed by atoms with E-state index in [1.807, 2.05) is 6.92 Å². The highest BCUT2D eigenvalue weighted by molar-refractivity contribution is 6.30. The number of hydrogen-bond acceptors (Lipinski definition) is 3. The summed E-state index contributed by atoms with van der Waals surface area (Å²) in [6, 6.07) is 5.91. The fourth-order valence-electron chi connectivity index (χ4n) is 3.76. The molecule has 4 amide bonds.